The molecular weight excluding hydrogens is 304 g/mol. The van der Waals surface area contributed by atoms with Gasteiger partial charge in [-0.1, -0.05) is 37.3 Å². The maximum atomic E-state index is 11.9. The first-order valence-corrected chi connectivity index (χ1v) is 8.22. The summed E-state index contributed by atoms with van der Waals surface area (Å²) in [5, 5.41) is 0. The molecule has 24 heavy (non-hydrogen) atoms. The zero-order valence-electron chi connectivity index (χ0n) is 14.4. The predicted molar refractivity (Wildman–Crippen MR) is 93.2 cm³/mol. The fourth-order valence-corrected chi connectivity index (χ4v) is 1.99. The van der Waals surface area contributed by atoms with Crippen LogP contribution < -0.4 is 9.47 Å². The summed E-state index contributed by atoms with van der Waals surface area (Å²) in [7, 11) is 0. The third-order valence-corrected chi connectivity index (χ3v) is 3.61. The highest BCUT2D eigenvalue weighted by molar-refractivity contribution is 5.74. The SMILES string of the molecule is CCC(C)OC(=O)C(C)Oc1ccc(OCc2ccccc2)cc1. The maximum Gasteiger partial charge on any atom is 0.347 e. The summed E-state index contributed by atoms with van der Waals surface area (Å²) in [5.74, 6) is 1.01. The highest BCUT2D eigenvalue weighted by atomic mass is 16.6. The number of hydrogen-bond donors (Lipinski definition) is 0. The third kappa shape index (κ3) is 5.61. The number of rotatable bonds is 8. The zero-order chi connectivity index (χ0) is 17.4. The lowest BCUT2D eigenvalue weighted by molar-refractivity contribution is -0.155. The van der Waals surface area contributed by atoms with Crippen LogP contribution in [0.4, 0.5) is 0 Å². The number of ether oxygens (including phenoxy) is 3. The van der Waals surface area contributed by atoms with Crippen molar-refractivity contribution in [3.63, 3.8) is 0 Å². The molecule has 4 nitrogen and oxygen atoms in total. The molecule has 0 N–H and O–H groups in total. The maximum absolute atomic E-state index is 11.9. The number of esters is 1. The van der Waals surface area contributed by atoms with Crippen molar-refractivity contribution in [1.29, 1.82) is 0 Å². The molecule has 0 amide bonds. The predicted octanol–water partition coefficient (Wildman–Crippen LogP) is 4.37. The second kappa shape index (κ2) is 8.96. The van der Waals surface area contributed by atoms with Crippen molar-refractivity contribution in [2.24, 2.45) is 0 Å². The van der Waals surface area contributed by atoms with Gasteiger partial charge < -0.3 is 14.2 Å². The second-order valence-electron chi connectivity index (χ2n) is 5.66. The Morgan fingerprint density at radius 3 is 2.21 bits per heavy atom. The molecule has 0 fully saturated rings. The fraction of sp³-hybridized carbons (Fsp3) is 0.350. The Hall–Kier alpha value is -2.49. The molecule has 2 unspecified atom stereocenters. The Kier molecular flexibility index (Phi) is 6.67. The van der Waals surface area contributed by atoms with E-state index in [9.17, 15) is 4.79 Å². The molecule has 2 aromatic carbocycles. The van der Waals surface area contributed by atoms with Gasteiger partial charge in [0.25, 0.3) is 0 Å². The summed E-state index contributed by atoms with van der Waals surface area (Å²) in [6, 6.07) is 17.2. The van der Waals surface area contributed by atoms with Gasteiger partial charge in [0.05, 0.1) is 6.10 Å². The van der Waals surface area contributed by atoms with Crippen molar-refractivity contribution in [1.82, 2.24) is 0 Å². The Morgan fingerprint density at radius 2 is 1.58 bits per heavy atom. The lowest BCUT2D eigenvalue weighted by Crippen LogP contribution is -2.29. The van der Waals surface area contributed by atoms with E-state index in [0.717, 1.165) is 17.7 Å². The lowest BCUT2D eigenvalue weighted by atomic mass is 10.2. The number of hydrogen-bond acceptors (Lipinski definition) is 4. The molecule has 0 aliphatic rings. The first-order valence-electron chi connectivity index (χ1n) is 8.22. The quantitative estimate of drug-likeness (QED) is 0.675. The highest BCUT2D eigenvalue weighted by Gasteiger charge is 2.18. The monoisotopic (exact) mass is 328 g/mol. The molecule has 2 atom stereocenters. The number of benzene rings is 2. The van der Waals surface area contributed by atoms with E-state index in [-0.39, 0.29) is 12.1 Å². The molecular formula is C20H24O4. The molecule has 4 heteroatoms. The summed E-state index contributed by atoms with van der Waals surface area (Å²) in [6.07, 6.45) is 0.0405. The van der Waals surface area contributed by atoms with E-state index in [4.69, 9.17) is 14.2 Å². The molecule has 0 saturated carbocycles. The van der Waals surface area contributed by atoms with Crippen LogP contribution in [-0.2, 0) is 16.1 Å². The van der Waals surface area contributed by atoms with Crippen LogP contribution in [0.1, 0.15) is 32.8 Å². The zero-order valence-corrected chi connectivity index (χ0v) is 14.4. The van der Waals surface area contributed by atoms with E-state index in [2.05, 4.69) is 0 Å². The van der Waals surface area contributed by atoms with E-state index < -0.39 is 6.10 Å². The Morgan fingerprint density at radius 1 is 0.958 bits per heavy atom. The molecule has 0 aliphatic carbocycles. The van der Waals surface area contributed by atoms with Gasteiger partial charge >= 0.3 is 5.97 Å². The molecule has 0 aliphatic heterocycles. The molecule has 0 heterocycles. The van der Waals surface area contributed by atoms with E-state index >= 15 is 0 Å². The fourth-order valence-electron chi connectivity index (χ4n) is 1.99. The number of carbonyl (C=O) groups is 1. The lowest BCUT2D eigenvalue weighted by Gasteiger charge is -2.17. The van der Waals surface area contributed by atoms with Crippen LogP contribution in [0, 0.1) is 0 Å². The van der Waals surface area contributed by atoms with Crippen LogP contribution in [0.3, 0.4) is 0 Å². The van der Waals surface area contributed by atoms with Crippen molar-refractivity contribution in [3.8, 4) is 11.5 Å². The van der Waals surface area contributed by atoms with E-state index in [1.807, 2.05) is 56.3 Å². The van der Waals surface area contributed by atoms with Crippen LogP contribution in [0.2, 0.25) is 0 Å². The van der Waals surface area contributed by atoms with Gasteiger partial charge in [0.2, 0.25) is 0 Å². The van der Waals surface area contributed by atoms with Gasteiger partial charge in [-0.2, -0.15) is 0 Å². The molecule has 0 spiro atoms. The van der Waals surface area contributed by atoms with Gasteiger partial charge in [-0.05, 0) is 50.1 Å². The summed E-state index contributed by atoms with van der Waals surface area (Å²) in [4.78, 5) is 11.9. The average molecular weight is 328 g/mol. The Bertz CT molecular complexity index is 622. The van der Waals surface area contributed by atoms with Crippen molar-refractivity contribution in [2.45, 2.75) is 46.0 Å². The molecule has 0 bridgehead atoms. The van der Waals surface area contributed by atoms with Crippen molar-refractivity contribution in [3.05, 3.63) is 60.2 Å². The molecule has 0 saturated heterocycles. The van der Waals surface area contributed by atoms with Crippen molar-refractivity contribution < 1.29 is 19.0 Å². The van der Waals surface area contributed by atoms with Gasteiger partial charge in [-0.25, -0.2) is 4.79 Å². The minimum atomic E-state index is -0.643. The summed E-state index contributed by atoms with van der Waals surface area (Å²) < 4.78 is 16.6. The molecule has 0 aromatic heterocycles. The van der Waals surface area contributed by atoms with Crippen molar-refractivity contribution in [2.75, 3.05) is 0 Å². The molecule has 128 valence electrons. The first kappa shape index (κ1) is 17.9. The summed E-state index contributed by atoms with van der Waals surface area (Å²) in [6.45, 7) is 6.03. The minimum absolute atomic E-state index is 0.0997. The van der Waals surface area contributed by atoms with Crippen molar-refractivity contribution >= 4 is 5.97 Å². The van der Waals surface area contributed by atoms with E-state index in [1.165, 1.54) is 0 Å². The third-order valence-electron chi connectivity index (χ3n) is 3.61. The van der Waals surface area contributed by atoms with Gasteiger partial charge in [-0.3, -0.25) is 0 Å². The van der Waals surface area contributed by atoms with Crippen LogP contribution in [0.25, 0.3) is 0 Å². The molecule has 0 radical (unpaired) electrons. The van der Waals surface area contributed by atoms with E-state index in [0.29, 0.717) is 12.4 Å². The summed E-state index contributed by atoms with van der Waals surface area (Å²) in [5.41, 5.74) is 1.11. The summed E-state index contributed by atoms with van der Waals surface area (Å²) >= 11 is 0. The van der Waals surface area contributed by atoms with Crippen LogP contribution in [-0.4, -0.2) is 18.2 Å². The van der Waals surface area contributed by atoms with E-state index in [1.54, 1.807) is 19.1 Å². The Labute approximate surface area is 143 Å². The second-order valence-corrected chi connectivity index (χ2v) is 5.66. The van der Waals surface area contributed by atoms with Gasteiger partial charge in [-0.15, -0.1) is 0 Å². The van der Waals surface area contributed by atoms with Gasteiger partial charge in [0.15, 0.2) is 6.10 Å². The molecule has 2 rings (SSSR count). The van der Waals surface area contributed by atoms with Crippen LogP contribution in [0.5, 0.6) is 11.5 Å². The standard InChI is InChI=1S/C20H24O4/c1-4-15(2)23-20(21)16(3)24-19-12-10-18(11-13-19)22-14-17-8-6-5-7-9-17/h5-13,15-16H,4,14H2,1-3H3. The smallest absolute Gasteiger partial charge is 0.347 e. The highest BCUT2D eigenvalue weighted by Crippen LogP contribution is 2.20. The topological polar surface area (TPSA) is 44.8 Å². The van der Waals surface area contributed by atoms with Gasteiger partial charge in [0, 0.05) is 0 Å². The minimum Gasteiger partial charge on any atom is -0.489 e. The number of carbonyl (C=O) groups excluding carboxylic acids is 1. The normalized spacial score (nSPS) is 13.0. The average Bonchev–Trinajstić information content (AvgIpc) is 2.61. The van der Waals surface area contributed by atoms with Gasteiger partial charge in [0.1, 0.15) is 18.1 Å². The largest absolute Gasteiger partial charge is 0.489 e. The van der Waals surface area contributed by atoms with Crippen LogP contribution in [0.15, 0.2) is 54.6 Å². The Balaban J connectivity index is 1.84. The molecule has 2 aromatic rings. The first-order chi connectivity index (χ1) is 11.6. The van der Waals surface area contributed by atoms with Crippen LogP contribution >= 0.6 is 0 Å².